The number of hydrogen-bond acceptors (Lipinski definition) is 4. The average molecular weight is 312 g/mol. The van der Waals surface area contributed by atoms with E-state index in [0.717, 1.165) is 39.1 Å². The highest BCUT2D eigenvalue weighted by atomic mass is 32.2. The smallest absolute Gasteiger partial charge is 0.258 e. The molecule has 0 atom stereocenters. The molecule has 0 radical (unpaired) electrons. The van der Waals surface area contributed by atoms with E-state index in [1.807, 2.05) is 48.7 Å². The number of hydrogen-bond donors (Lipinski definition) is 1. The van der Waals surface area contributed by atoms with E-state index in [0.29, 0.717) is 5.39 Å². The van der Waals surface area contributed by atoms with E-state index in [2.05, 4.69) is 0 Å². The molecule has 0 saturated heterocycles. The van der Waals surface area contributed by atoms with E-state index in [1.54, 1.807) is 18.7 Å². The Morgan fingerprint density at radius 2 is 1.86 bits per heavy atom. The molecular weight excluding hydrogens is 296 g/mol. The molecule has 0 aliphatic heterocycles. The maximum absolute atomic E-state index is 12.3. The van der Waals surface area contributed by atoms with Gasteiger partial charge in [0.15, 0.2) is 0 Å². The van der Waals surface area contributed by atoms with Gasteiger partial charge < -0.3 is 9.30 Å². The molecule has 1 heterocycles. The Balaban J connectivity index is 2.31. The number of methoxy groups -OCH3 is 1. The molecule has 5 heteroatoms. The molecule has 2 N–H and O–H groups in total. The first-order valence-electron chi connectivity index (χ1n) is 6.79. The molecule has 112 valence electrons. The quantitative estimate of drug-likeness (QED) is 0.755. The molecule has 2 aromatic carbocycles. The van der Waals surface area contributed by atoms with Gasteiger partial charge in [-0.05, 0) is 41.1 Å². The largest absolute Gasteiger partial charge is 0.496 e. The summed E-state index contributed by atoms with van der Waals surface area (Å²) >= 11 is 1.15. The fourth-order valence-electron chi connectivity index (χ4n) is 2.58. The molecular formula is C17H16N2O2S. The summed E-state index contributed by atoms with van der Waals surface area (Å²) in [5.41, 5.74) is 2.00. The summed E-state index contributed by atoms with van der Waals surface area (Å²) in [5.74, 6) is 0.741. The van der Waals surface area contributed by atoms with Crippen molar-refractivity contribution in [3.05, 3.63) is 59.0 Å². The van der Waals surface area contributed by atoms with Gasteiger partial charge in [0.05, 0.1) is 12.0 Å². The first-order valence-corrected chi connectivity index (χ1v) is 7.67. The first-order chi connectivity index (χ1) is 10.7. The average Bonchev–Trinajstić information content (AvgIpc) is 2.57. The predicted octanol–water partition coefficient (Wildman–Crippen LogP) is 3.18. The molecule has 0 aliphatic carbocycles. The second-order valence-corrected chi connectivity index (χ2v) is 5.66. The third-order valence-corrected chi connectivity index (χ3v) is 4.27. The van der Waals surface area contributed by atoms with Crippen LogP contribution in [0.3, 0.4) is 0 Å². The van der Waals surface area contributed by atoms with Crippen LogP contribution < -0.4 is 15.4 Å². The molecule has 3 aromatic rings. The third-order valence-electron chi connectivity index (χ3n) is 3.69. The Morgan fingerprint density at radius 3 is 2.55 bits per heavy atom. The monoisotopic (exact) mass is 312 g/mol. The summed E-state index contributed by atoms with van der Waals surface area (Å²) in [6.07, 6.45) is 1.86. The van der Waals surface area contributed by atoms with Gasteiger partial charge in [0.2, 0.25) is 0 Å². The van der Waals surface area contributed by atoms with Crippen LogP contribution in [-0.2, 0) is 7.05 Å². The SMILES string of the molecule is COc1ccc(-c2cn(C)c(=O)c3ccccc23)cc1SN. The van der Waals surface area contributed by atoms with Gasteiger partial charge in [-0.3, -0.25) is 9.93 Å². The number of pyridine rings is 1. The van der Waals surface area contributed by atoms with Crippen LogP contribution in [0.1, 0.15) is 0 Å². The van der Waals surface area contributed by atoms with Gasteiger partial charge in [0.1, 0.15) is 5.75 Å². The van der Waals surface area contributed by atoms with Crippen molar-refractivity contribution in [2.75, 3.05) is 7.11 Å². The molecule has 1 aromatic heterocycles. The third kappa shape index (κ3) is 2.38. The Kier molecular flexibility index (Phi) is 3.92. The number of ether oxygens (including phenoxy) is 1. The Morgan fingerprint density at radius 1 is 1.14 bits per heavy atom. The molecule has 3 rings (SSSR count). The van der Waals surface area contributed by atoms with Crippen molar-refractivity contribution in [2.45, 2.75) is 4.90 Å². The lowest BCUT2D eigenvalue weighted by Crippen LogP contribution is -2.16. The van der Waals surface area contributed by atoms with Crippen molar-refractivity contribution < 1.29 is 4.74 Å². The second-order valence-electron chi connectivity index (χ2n) is 4.99. The van der Waals surface area contributed by atoms with Crippen molar-refractivity contribution in [2.24, 2.45) is 12.2 Å². The van der Waals surface area contributed by atoms with Gasteiger partial charge in [0.25, 0.3) is 5.56 Å². The number of aromatic nitrogens is 1. The van der Waals surface area contributed by atoms with Gasteiger partial charge in [-0.15, -0.1) is 0 Å². The number of benzene rings is 2. The van der Waals surface area contributed by atoms with Gasteiger partial charge in [0, 0.05) is 24.2 Å². The minimum absolute atomic E-state index is 0.00119. The zero-order chi connectivity index (χ0) is 15.7. The highest BCUT2D eigenvalue weighted by Crippen LogP contribution is 2.33. The number of rotatable bonds is 3. The summed E-state index contributed by atoms with van der Waals surface area (Å²) in [6, 6.07) is 13.5. The standard InChI is InChI=1S/C17H16N2O2S/c1-19-10-14(12-5-3-4-6-13(12)17(19)20)11-7-8-15(21-2)16(9-11)22-18/h3-10H,18H2,1-2H3. The van der Waals surface area contributed by atoms with Crippen LogP contribution in [0.4, 0.5) is 0 Å². The molecule has 0 amide bonds. The van der Waals surface area contributed by atoms with Gasteiger partial charge in [-0.1, -0.05) is 24.3 Å². The molecule has 0 bridgehead atoms. The van der Waals surface area contributed by atoms with Crippen LogP contribution in [0, 0.1) is 0 Å². The summed E-state index contributed by atoms with van der Waals surface area (Å²) in [7, 11) is 3.39. The van der Waals surface area contributed by atoms with E-state index in [-0.39, 0.29) is 5.56 Å². The highest BCUT2D eigenvalue weighted by molar-refractivity contribution is 7.97. The van der Waals surface area contributed by atoms with Gasteiger partial charge in [-0.25, -0.2) is 0 Å². The number of nitrogens with zero attached hydrogens (tertiary/aromatic N) is 1. The van der Waals surface area contributed by atoms with E-state index >= 15 is 0 Å². The fraction of sp³-hybridized carbons (Fsp3) is 0.118. The van der Waals surface area contributed by atoms with Crippen LogP contribution in [0.25, 0.3) is 21.9 Å². The minimum Gasteiger partial charge on any atom is -0.496 e. The molecule has 0 fully saturated rings. The number of aryl methyl sites for hydroxylation is 1. The molecule has 0 spiro atoms. The lowest BCUT2D eigenvalue weighted by Gasteiger charge is -2.12. The summed E-state index contributed by atoms with van der Waals surface area (Å²) < 4.78 is 6.91. The molecule has 4 nitrogen and oxygen atoms in total. The molecule has 0 aliphatic rings. The van der Waals surface area contributed by atoms with E-state index in [1.165, 1.54) is 0 Å². The second kappa shape index (κ2) is 5.87. The number of fused-ring (bicyclic) bond motifs is 1. The van der Waals surface area contributed by atoms with Crippen LogP contribution in [0.2, 0.25) is 0 Å². The normalized spacial score (nSPS) is 10.9. The van der Waals surface area contributed by atoms with Crippen molar-refractivity contribution in [1.82, 2.24) is 4.57 Å². The minimum atomic E-state index is 0.00119. The van der Waals surface area contributed by atoms with Crippen LogP contribution in [0.15, 0.2) is 58.4 Å². The van der Waals surface area contributed by atoms with E-state index in [4.69, 9.17) is 9.88 Å². The fourth-order valence-corrected chi connectivity index (χ4v) is 3.05. The van der Waals surface area contributed by atoms with Gasteiger partial charge in [-0.2, -0.15) is 0 Å². The van der Waals surface area contributed by atoms with Crippen LogP contribution >= 0.6 is 11.9 Å². The molecule has 22 heavy (non-hydrogen) atoms. The van der Waals surface area contributed by atoms with Crippen LogP contribution in [0.5, 0.6) is 5.75 Å². The molecule has 0 saturated carbocycles. The predicted molar refractivity (Wildman–Crippen MR) is 91.2 cm³/mol. The highest BCUT2D eigenvalue weighted by Gasteiger charge is 2.11. The first kappa shape index (κ1) is 14.7. The van der Waals surface area contributed by atoms with Gasteiger partial charge >= 0.3 is 0 Å². The maximum atomic E-state index is 12.3. The summed E-state index contributed by atoms with van der Waals surface area (Å²) in [4.78, 5) is 13.1. The van der Waals surface area contributed by atoms with Crippen LogP contribution in [-0.4, -0.2) is 11.7 Å². The molecule has 0 unspecified atom stereocenters. The Hall–Kier alpha value is -2.24. The number of nitrogens with two attached hydrogens (primary N) is 1. The topological polar surface area (TPSA) is 57.2 Å². The van der Waals surface area contributed by atoms with Crippen molar-refractivity contribution >= 4 is 22.7 Å². The zero-order valence-corrected chi connectivity index (χ0v) is 13.2. The summed E-state index contributed by atoms with van der Waals surface area (Å²) in [5, 5.41) is 7.36. The Labute approximate surface area is 132 Å². The van der Waals surface area contributed by atoms with Crippen molar-refractivity contribution in [3.63, 3.8) is 0 Å². The van der Waals surface area contributed by atoms with Crippen molar-refractivity contribution in [3.8, 4) is 16.9 Å². The van der Waals surface area contributed by atoms with E-state index in [9.17, 15) is 4.79 Å². The lowest BCUT2D eigenvalue weighted by molar-refractivity contribution is 0.405. The zero-order valence-electron chi connectivity index (χ0n) is 12.4. The summed E-state index contributed by atoms with van der Waals surface area (Å²) in [6.45, 7) is 0. The Bertz CT molecular complexity index is 903. The van der Waals surface area contributed by atoms with E-state index < -0.39 is 0 Å². The maximum Gasteiger partial charge on any atom is 0.258 e. The lowest BCUT2D eigenvalue weighted by atomic mass is 10.0. The van der Waals surface area contributed by atoms with Crippen molar-refractivity contribution in [1.29, 1.82) is 0 Å².